The zero-order valence-corrected chi connectivity index (χ0v) is 10.3. The summed E-state index contributed by atoms with van der Waals surface area (Å²) in [6.45, 7) is 2.24. The summed E-state index contributed by atoms with van der Waals surface area (Å²) in [6.07, 6.45) is 2.87. The first-order valence-corrected chi connectivity index (χ1v) is 5.73. The lowest BCUT2D eigenvalue weighted by Crippen LogP contribution is -2.04. The zero-order valence-electron chi connectivity index (χ0n) is 10.3. The fraction of sp³-hybridized carbons (Fsp3) is 0.231. The molecule has 0 atom stereocenters. The van der Waals surface area contributed by atoms with Gasteiger partial charge < -0.3 is 4.74 Å². The number of halogens is 2. The van der Waals surface area contributed by atoms with Gasteiger partial charge in [-0.3, -0.25) is 4.68 Å². The predicted molar refractivity (Wildman–Crippen MR) is 63.6 cm³/mol. The molecule has 4 nitrogen and oxygen atoms in total. The van der Waals surface area contributed by atoms with Crippen LogP contribution in [0, 0.1) is 11.6 Å². The number of nitrogens with zero attached hydrogens (tertiary/aromatic N) is 2. The second kappa shape index (κ2) is 5.60. The predicted octanol–water partition coefficient (Wildman–Crippen LogP) is 2.39. The van der Waals surface area contributed by atoms with Crippen LogP contribution >= 0.6 is 0 Å². The van der Waals surface area contributed by atoms with Crippen LogP contribution in [0.15, 0.2) is 30.6 Å². The van der Waals surface area contributed by atoms with Gasteiger partial charge in [0.2, 0.25) is 0 Å². The SMILES string of the molecule is CCOC(=O)c1cnn(Cc2ccc(F)c(F)c2)c1. The third-order valence-electron chi connectivity index (χ3n) is 2.47. The molecule has 0 amide bonds. The van der Waals surface area contributed by atoms with Crippen molar-refractivity contribution in [3.63, 3.8) is 0 Å². The van der Waals surface area contributed by atoms with Gasteiger partial charge in [0.05, 0.1) is 24.9 Å². The lowest BCUT2D eigenvalue weighted by Gasteiger charge is -2.02. The molecule has 100 valence electrons. The molecular weight excluding hydrogens is 254 g/mol. The van der Waals surface area contributed by atoms with Crippen LogP contribution in [0.1, 0.15) is 22.8 Å². The molecule has 2 aromatic rings. The smallest absolute Gasteiger partial charge is 0.341 e. The van der Waals surface area contributed by atoms with Crippen molar-refractivity contribution < 1.29 is 18.3 Å². The Morgan fingerprint density at radius 2 is 2.16 bits per heavy atom. The fourth-order valence-corrected chi connectivity index (χ4v) is 1.59. The Morgan fingerprint density at radius 1 is 1.37 bits per heavy atom. The molecule has 0 aliphatic heterocycles. The minimum absolute atomic E-state index is 0.247. The van der Waals surface area contributed by atoms with Gasteiger partial charge in [0.1, 0.15) is 0 Å². The molecule has 0 radical (unpaired) electrons. The maximum absolute atomic E-state index is 13.0. The number of esters is 1. The van der Waals surface area contributed by atoms with Gasteiger partial charge in [-0.15, -0.1) is 0 Å². The standard InChI is InChI=1S/C13H12F2N2O2/c1-2-19-13(18)10-6-16-17(8-10)7-9-3-4-11(14)12(15)5-9/h3-6,8H,2,7H2,1H3. The van der Waals surface area contributed by atoms with Crippen LogP contribution in [0.2, 0.25) is 0 Å². The molecule has 0 unspecified atom stereocenters. The Morgan fingerprint density at radius 3 is 2.84 bits per heavy atom. The lowest BCUT2D eigenvalue weighted by atomic mass is 10.2. The third kappa shape index (κ3) is 3.15. The van der Waals surface area contributed by atoms with Gasteiger partial charge in [-0.2, -0.15) is 5.10 Å². The summed E-state index contributed by atoms with van der Waals surface area (Å²) < 4.78 is 32.1. The maximum atomic E-state index is 13.0. The number of ether oxygens (including phenoxy) is 1. The van der Waals surface area contributed by atoms with E-state index in [1.54, 1.807) is 6.92 Å². The van der Waals surface area contributed by atoms with Gasteiger partial charge in [-0.1, -0.05) is 6.07 Å². The molecule has 0 saturated heterocycles. The van der Waals surface area contributed by atoms with Gasteiger partial charge in [-0.05, 0) is 24.6 Å². The van der Waals surface area contributed by atoms with E-state index in [4.69, 9.17) is 4.74 Å². The van der Waals surface area contributed by atoms with Crippen molar-refractivity contribution in [2.24, 2.45) is 0 Å². The normalized spacial score (nSPS) is 10.5. The van der Waals surface area contributed by atoms with Gasteiger partial charge >= 0.3 is 5.97 Å². The van der Waals surface area contributed by atoms with Gasteiger partial charge in [0.15, 0.2) is 11.6 Å². The number of hydrogen-bond acceptors (Lipinski definition) is 3. The topological polar surface area (TPSA) is 44.1 Å². The molecule has 1 aromatic carbocycles. The summed E-state index contributed by atoms with van der Waals surface area (Å²) in [7, 11) is 0. The third-order valence-corrected chi connectivity index (χ3v) is 2.47. The van der Waals surface area contributed by atoms with Crippen molar-refractivity contribution in [2.45, 2.75) is 13.5 Å². The average Bonchev–Trinajstić information content (AvgIpc) is 2.83. The summed E-state index contributed by atoms with van der Waals surface area (Å²) in [5.74, 6) is -2.26. The summed E-state index contributed by atoms with van der Waals surface area (Å²) in [6, 6.07) is 3.62. The minimum Gasteiger partial charge on any atom is -0.462 e. The average molecular weight is 266 g/mol. The molecule has 0 bridgehead atoms. The molecule has 19 heavy (non-hydrogen) atoms. The molecule has 0 spiro atoms. The summed E-state index contributed by atoms with van der Waals surface area (Å²) in [4.78, 5) is 11.4. The molecule has 0 fully saturated rings. The fourth-order valence-electron chi connectivity index (χ4n) is 1.59. The number of rotatable bonds is 4. The number of aromatic nitrogens is 2. The van der Waals surface area contributed by atoms with E-state index in [2.05, 4.69) is 5.10 Å². The van der Waals surface area contributed by atoms with Crippen molar-refractivity contribution in [3.05, 3.63) is 53.4 Å². The highest BCUT2D eigenvalue weighted by Gasteiger charge is 2.10. The molecular formula is C13H12F2N2O2. The molecule has 0 aliphatic rings. The van der Waals surface area contributed by atoms with Crippen LogP contribution in [0.3, 0.4) is 0 Å². The largest absolute Gasteiger partial charge is 0.462 e. The highest BCUT2D eigenvalue weighted by Crippen LogP contribution is 2.10. The monoisotopic (exact) mass is 266 g/mol. The summed E-state index contributed by atoms with van der Waals surface area (Å²) in [5, 5.41) is 3.97. The molecule has 0 saturated carbocycles. The highest BCUT2D eigenvalue weighted by molar-refractivity contribution is 5.88. The van der Waals surface area contributed by atoms with E-state index >= 15 is 0 Å². The second-order valence-corrected chi connectivity index (χ2v) is 3.90. The van der Waals surface area contributed by atoms with Gasteiger partial charge in [0, 0.05) is 6.20 Å². The van der Waals surface area contributed by atoms with Crippen LogP contribution in [0.5, 0.6) is 0 Å². The molecule has 1 heterocycles. The highest BCUT2D eigenvalue weighted by atomic mass is 19.2. The van der Waals surface area contributed by atoms with Crippen molar-refractivity contribution in [2.75, 3.05) is 6.61 Å². The summed E-state index contributed by atoms with van der Waals surface area (Å²) >= 11 is 0. The number of hydrogen-bond donors (Lipinski definition) is 0. The van der Waals surface area contributed by atoms with Crippen LogP contribution in [-0.2, 0) is 11.3 Å². The first kappa shape index (κ1) is 13.2. The second-order valence-electron chi connectivity index (χ2n) is 3.90. The number of carbonyl (C=O) groups is 1. The van der Waals surface area contributed by atoms with E-state index in [1.807, 2.05) is 0 Å². The van der Waals surface area contributed by atoms with Gasteiger partial charge in [0.25, 0.3) is 0 Å². The van der Waals surface area contributed by atoms with E-state index in [0.29, 0.717) is 11.1 Å². The Labute approximate surface area is 108 Å². The number of benzene rings is 1. The first-order valence-electron chi connectivity index (χ1n) is 5.73. The zero-order chi connectivity index (χ0) is 13.8. The van der Waals surface area contributed by atoms with E-state index in [0.717, 1.165) is 12.1 Å². The molecule has 1 aromatic heterocycles. The Kier molecular flexibility index (Phi) is 3.89. The quantitative estimate of drug-likeness (QED) is 0.798. The molecule has 6 heteroatoms. The molecule has 0 N–H and O–H groups in total. The van der Waals surface area contributed by atoms with Crippen molar-refractivity contribution in [3.8, 4) is 0 Å². The maximum Gasteiger partial charge on any atom is 0.341 e. The van der Waals surface area contributed by atoms with Crippen molar-refractivity contribution >= 4 is 5.97 Å². The van der Waals surface area contributed by atoms with Crippen molar-refractivity contribution in [1.29, 1.82) is 0 Å². The molecule has 2 rings (SSSR count). The molecule has 0 aliphatic carbocycles. The van der Waals surface area contributed by atoms with E-state index < -0.39 is 17.6 Å². The lowest BCUT2D eigenvalue weighted by molar-refractivity contribution is 0.0526. The van der Waals surface area contributed by atoms with Crippen LogP contribution in [-0.4, -0.2) is 22.4 Å². The van der Waals surface area contributed by atoms with Crippen LogP contribution in [0.4, 0.5) is 8.78 Å². The Bertz CT molecular complexity index is 596. The van der Waals surface area contributed by atoms with Crippen LogP contribution in [0.25, 0.3) is 0 Å². The summed E-state index contributed by atoms with van der Waals surface area (Å²) in [5.41, 5.74) is 0.877. The van der Waals surface area contributed by atoms with E-state index in [9.17, 15) is 13.6 Å². The van der Waals surface area contributed by atoms with Gasteiger partial charge in [-0.25, -0.2) is 13.6 Å². The van der Waals surface area contributed by atoms with E-state index in [-0.39, 0.29) is 13.2 Å². The van der Waals surface area contributed by atoms with Crippen LogP contribution < -0.4 is 0 Å². The first-order chi connectivity index (χ1) is 9.10. The number of carbonyl (C=O) groups excluding carboxylic acids is 1. The minimum atomic E-state index is -0.907. The Balaban J connectivity index is 2.11. The Hall–Kier alpha value is -2.24. The van der Waals surface area contributed by atoms with Crippen molar-refractivity contribution in [1.82, 2.24) is 9.78 Å². The van der Waals surface area contributed by atoms with E-state index in [1.165, 1.54) is 23.1 Å².